The van der Waals surface area contributed by atoms with E-state index in [9.17, 15) is 13.5 Å². The summed E-state index contributed by atoms with van der Waals surface area (Å²) in [6.07, 6.45) is 2.10. The van der Waals surface area contributed by atoms with Crippen LogP contribution in [0, 0.1) is 0 Å². The minimum absolute atomic E-state index is 0.259. The largest absolute Gasteiger partial charge is 0.388 e. The molecule has 0 aromatic heterocycles. The topological polar surface area (TPSA) is 54.4 Å². The Hall–Kier alpha value is -0.870. The van der Waals surface area contributed by atoms with E-state index in [1.54, 1.807) is 12.1 Å². The average molecular weight is 228 g/mol. The van der Waals surface area contributed by atoms with E-state index in [-0.39, 0.29) is 4.90 Å². The Labute approximate surface area is 90.7 Å². The van der Waals surface area contributed by atoms with Gasteiger partial charge in [-0.2, -0.15) is 0 Å². The lowest BCUT2D eigenvalue weighted by molar-refractivity contribution is 0.166. The van der Waals surface area contributed by atoms with Gasteiger partial charge in [0.1, 0.15) is 0 Å². The van der Waals surface area contributed by atoms with Crippen LogP contribution in [0.1, 0.15) is 31.4 Å². The van der Waals surface area contributed by atoms with Gasteiger partial charge >= 0.3 is 0 Å². The third-order valence-corrected chi connectivity index (χ3v) is 3.34. The Morgan fingerprint density at radius 3 is 2.60 bits per heavy atom. The number of aliphatic hydroxyl groups excluding tert-OH is 1. The first-order chi connectivity index (χ1) is 6.95. The first kappa shape index (κ1) is 12.2. The van der Waals surface area contributed by atoms with Gasteiger partial charge in [-0.25, -0.2) is 8.42 Å². The molecule has 0 fully saturated rings. The van der Waals surface area contributed by atoms with Crippen molar-refractivity contribution in [2.75, 3.05) is 6.26 Å². The third-order valence-electron chi connectivity index (χ3n) is 2.23. The molecule has 0 aliphatic carbocycles. The molecule has 0 spiro atoms. The maximum atomic E-state index is 11.3. The van der Waals surface area contributed by atoms with Crippen LogP contribution in [-0.2, 0) is 9.84 Å². The molecular weight excluding hydrogens is 212 g/mol. The highest BCUT2D eigenvalue weighted by Crippen LogP contribution is 2.20. The lowest BCUT2D eigenvalue weighted by Crippen LogP contribution is -2.01. The molecule has 0 aliphatic rings. The predicted octanol–water partition coefficient (Wildman–Crippen LogP) is 1.92. The van der Waals surface area contributed by atoms with Crippen molar-refractivity contribution in [2.24, 2.45) is 0 Å². The highest BCUT2D eigenvalue weighted by atomic mass is 32.2. The number of benzene rings is 1. The van der Waals surface area contributed by atoms with Crippen LogP contribution in [0.2, 0.25) is 0 Å². The second-order valence-electron chi connectivity index (χ2n) is 3.65. The number of hydrogen-bond donors (Lipinski definition) is 1. The lowest BCUT2D eigenvalue weighted by Gasteiger charge is -2.10. The molecule has 1 unspecified atom stereocenters. The van der Waals surface area contributed by atoms with E-state index >= 15 is 0 Å². The molecule has 0 bridgehead atoms. The first-order valence-electron chi connectivity index (χ1n) is 4.93. The fraction of sp³-hybridized carbons (Fsp3) is 0.455. The zero-order valence-electron chi connectivity index (χ0n) is 8.97. The molecule has 84 valence electrons. The van der Waals surface area contributed by atoms with Crippen molar-refractivity contribution in [1.29, 1.82) is 0 Å². The minimum atomic E-state index is -3.18. The standard InChI is InChI=1S/C11H16O3S/c1-3-5-11(12)9-6-4-7-10(8-9)15(2,13)14/h4,6-8,11-12H,3,5H2,1-2H3. The highest BCUT2D eigenvalue weighted by Gasteiger charge is 2.11. The molecule has 0 radical (unpaired) electrons. The molecule has 1 atom stereocenters. The molecule has 1 N–H and O–H groups in total. The fourth-order valence-electron chi connectivity index (χ4n) is 1.39. The van der Waals surface area contributed by atoms with Gasteiger partial charge in [-0.3, -0.25) is 0 Å². The van der Waals surface area contributed by atoms with Crippen LogP contribution in [0.4, 0.5) is 0 Å². The summed E-state index contributed by atoms with van der Waals surface area (Å²) in [6.45, 7) is 1.98. The summed E-state index contributed by atoms with van der Waals surface area (Å²) >= 11 is 0. The van der Waals surface area contributed by atoms with Crippen molar-refractivity contribution in [3.8, 4) is 0 Å². The van der Waals surface area contributed by atoms with E-state index in [0.29, 0.717) is 12.0 Å². The van der Waals surface area contributed by atoms with Gasteiger partial charge in [0.25, 0.3) is 0 Å². The predicted molar refractivity (Wildman–Crippen MR) is 59.4 cm³/mol. The van der Waals surface area contributed by atoms with E-state index in [2.05, 4.69) is 0 Å². The summed E-state index contributed by atoms with van der Waals surface area (Å²) in [5.74, 6) is 0. The van der Waals surface area contributed by atoms with Crippen LogP contribution in [0.5, 0.6) is 0 Å². The van der Waals surface area contributed by atoms with E-state index in [4.69, 9.17) is 0 Å². The fourth-order valence-corrected chi connectivity index (χ4v) is 2.07. The number of rotatable bonds is 4. The normalized spacial score (nSPS) is 13.8. The Morgan fingerprint density at radius 1 is 1.40 bits per heavy atom. The number of sulfone groups is 1. The molecule has 1 aromatic rings. The second kappa shape index (κ2) is 4.77. The van der Waals surface area contributed by atoms with Gasteiger partial charge in [0, 0.05) is 6.26 Å². The van der Waals surface area contributed by atoms with Crippen LogP contribution in [-0.4, -0.2) is 19.8 Å². The smallest absolute Gasteiger partial charge is 0.175 e. The molecule has 0 aliphatic heterocycles. The third kappa shape index (κ3) is 3.32. The van der Waals surface area contributed by atoms with E-state index in [0.717, 1.165) is 12.7 Å². The van der Waals surface area contributed by atoms with Crippen LogP contribution in [0.25, 0.3) is 0 Å². The van der Waals surface area contributed by atoms with E-state index < -0.39 is 15.9 Å². The lowest BCUT2D eigenvalue weighted by atomic mass is 10.1. The number of hydrogen-bond acceptors (Lipinski definition) is 3. The summed E-state index contributed by atoms with van der Waals surface area (Å²) in [5.41, 5.74) is 0.666. The van der Waals surface area contributed by atoms with Crippen LogP contribution >= 0.6 is 0 Å². The Morgan fingerprint density at radius 2 is 2.07 bits per heavy atom. The van der Waals surface area contributed by atoms with Crippen LogP contribution < -0.4 is 0 Å². The Bertz CT molecular complexity index is 423. The summed E-state index contributed by atoms with van der Waals surface area (Å²) in [5, 5.41) is 9.72. The molecule has 0 amide bonds. The molecular formula is C11H16O3S. The van der Waals surface area contributed by atoms with Gasteiger partial charge in [-0.05, 0) is 24.1 Å². The number of aliphatic hydroxyl groups is 1. The molecule has 0 heterocycles. The van der Waals surface area contributed by atoms with Gasteiger partial charge in [0.2, 0.25) is 0 Å². The van der Waals surface area contributed by atoms with E-state index in [1.165, 1.54) is 12.1 Å². The SMILES string of the molecule is CCCC(O)c1cccc(S(C)(=O)=O)c1. The van der Waals surface area contributed by atoms with Gasteiger partial charge in [-0.15, -0.1) is 0 Å². The van der Waals surface area contributed by atoms with Gasteiger partial charge in [0.15, 0.2) is 9.84 Å². The quantitative estimate of drug-likeness (QED) is 0.856. The van der Waals surface area contributed by atoms with Crippen molar-refractivity contribution in [2.45, 2.75) is 30.8 Å². The van der Waals surface area contributed by atoms with Gasteiger partial charge in [-0.1, -0.05) is 25.5 Å². The van der Waals surface area contributed by atoms with E-state index in [1.807, 2.05) is 6.92 Å². The molecule has 1 aromatic carbocycles. The summed E-state index contributed by atoms with van der Waals surface area (Å²) < 4.78 is 22.6. The first-order valence-corrected chi connectivity index (χ1v) is 6.82. The zero-order valence-corrected chi connectivity index (χ0v) is 9.79. The molecule has 0 saturated heterocycles. The zero-order chi connectivity index (χ0) is 11.5. The molecule has 3 nitrogen and oxygen atoms in total. The molecule has 4 heteroatoms. The average Bonchev–Trinajstić information content (AvgIpc) is 2.17. The van der Waals surface area contributed by atoms with Crippen molar-refractivity contribution in [3.05, 3.63) is 29.8 Å². The summed E-state index contributed by atoms with van der Waals surface area (Å²) in [7, 11) is -3.18. The van der Waals surface area contributed by atoms with Crippen LogP contribution in [0.15, 0.2) is 29.2 Å². The Kier molecular flexibility index (Phi) is 3.88. The van der Waals surface area contributed by atoms with Gasteiger partial charge in [0.05, 0.1) is 11.0 Å². The van der Waals surface area contributed by atoms with Gasteiger partial charge < -0.3 is 5.11 Å². The summed E-state index contributed by atoms with van der Waals surface area (Å²) in [4.78, 5) is 0.259. The summed E-state index contributed by atoms with van der Waals surface area (Å²) in [6, 6.07) is 6.48. The second-order valence-corrected chi connectivity index (χ2v) is 5.66. The van der Waals surface area contributed by atoms with Crippen molar-refractivity contribution >= 4 is 9.84 Å². The Balaban J connectivity index is 3.03. The monoisotopic (exact) mass is 228 g/mol. The van der Waals surface area contributed by atoms with Crippen LogP contribution in [0.3, 0.4) is 0 Å². The van der Waals surface area contributed by atoms with Crippen molar-refractivity contribution in [3.63, 3.8) is 0 Å². The maximum Gasteiger partial charge on any atom is 0.175 e. The minimum Gasteiger partial charge on any atom is -0.388 e. The van der Waals surface area contributed by atoms with Crippen molar-refractivity contribution in [1.82, 2.24) is 0 Å². The molecule has 15 heavy (non-hydrogen) atoms. The maximum absolute atomic E-state index is 11.3. The molecule has 0 saturated carbocycles. The highest BCUT2D eigenvalue weighted by molar-refractivity contribution is 7.90. The molecule has 1 rings (SSSR count). The van der Waals surface area contributed by atoms with Crippen molar-refractivity contribution < 1.29 is 13.5 Å².